The minimum atomic E-state index is -0.734. The Balaban J connectivity index is 2.01. The lowest BCUT2D eigenvalue weighted by atomic mass is 10.1. The first-order valence-corrected chi connectivity index (χ1v) is 3.90. The SMILES string of the molecule is CO[C@H]1O[C@H](CO)[C@H]2O[C@H]2[C@H]1O. The van der Waals surface area contributed by atoms with Gasteiger partial charge in [0.25, 0.3) is 0 Å². The Morgan fingerprint density at radius 3 is 2.67 bits per heavy atom. The quantitative estimate of drug-likeness (QED) is 0.500. The summed E-state index contributed by atoms with van der Waals surface area (Å²) in [4.78, 5) is 0. The lowest BCUT2D eigenvalue weighted by molar-refractivity contribution is -0.223. The second-order valence-corrected chi connectivity index (χ2v) is 3.02. The molecule has 2 saturated heterocycles. The van der Waals surface area contributed by atoms with Crippen LogP contribution in [0.25, 0.3) is 0 Å². The number of aliphatic hydroxyl groups is 2. The van der Waals surface area contributed by atoms with E-state index < -0.39 is 12.4 Å². The van der Waals surface area contributed by atoms with Crippen LogP contribution in [-0.2, 0) is 14.2 Å². The zero-order chi connectivity index (χ0) is 8.72. The molecule has 70 valence electrons. The lowest BCUT2D eigenvalue weighted by Gasteiger charge is -2.28. The molecule has 2 heterocycles. The van der Waals surface area contributed by atoms with Crippen LogP contribution < -0.4 is 0 Å². The Labute approximate surface area is 69.8 Å². The van der Waals surface area contributed by atoms with Gasteiger partial charge in [0, 0.05) is 7.11 Å². The Morgan fingerprint density at radius 2 is 2.08 bits per heavy atom. The number of hydrogen-bond donors (Lipinski definition) is 2. The van der Waals surface area contributed by atoms with Crippen LogP contribution in [0.3, 0.4) is 0 Å². The van der Waals surface area contributed by atoms with Gasteiger partial charge in [-0.3, -0.25) is 0 Å². The van der Waals surface area contributed by atoms with Crippen LogP contribution in [0.5, 0.6) is 0 Å². The van der Waals surface area contributed by atoms with Crippen LogP contribution in [0.2, 0.25) is 0 Å². The average Bonchev–Trinajstić information content (AvgIpc) is 2.85. The van der Waals surface area contributed by atoms with Gasteiger partial charge in [-0.2, -0.15) is 0 Å². The minimum Gasteiger partial charge on any atom is -0.394 e. The van der Waals surface area contributed by atoms with Crippen molar-refractivity contribution in [3.63, 3.8) is 0 Å². The van der Waals surface area contributed by atoms with Crippen molar-refractivity contribution in [2.45, 2.75) is 30.7 Å². The second kappa shape index (κ2) is 2.93. The van der Waals surface area contributed by atoms with Gasteiger partial charge in [0.1, 0.15) is 24.4 Å². The smallest absolute Gasteiger partial charge is 0.186 e. The van der Waals surface area contributed by atoms with E-state index in [4.69, 9.17) is 19.3 Å². The molecule has 2 aliphatic rings. The molecule has 0 saturated carbocycles. The van der Waals surface area contributed by atoms with Gasteiger partial charge >= 0.3 is 0 Å². The number of hydrogen-bond acceptors (Lipinski definition) is 5. The molecule has 2 fully saturated rings. The molecule has 5 atom stereocenters. The van der Waals surface area contributed by atoms with E-state index >= 15 is 0 Å². The molecule has 5 nitrogen and oxygen atoms in total. The molecule has 2 rings (SSSR count). The van der Waals surface area contributed by atoms with Gasteiger partial charge in [-0.15, -0.1) is 0 Å². The van der Waals surface area contributed by atoms with E-state index in [1.807, 2.05) is 0 Å². The molecule has 12 heavy (non-hydrogen) atoms. The van der Waals surface area contributed by atoms with Crippen molar-refractivity contribution in [2.75, 3.05) is 13.7 Å². The lowest BCUT2D eigenvalue weighted by Crippen LogP contribution is -2.47. The summed E-state index contributed by atoms with van der Waals surface area (Å²) < 4.78 is 15.2. The number of ether oxygens (including phenoxy) is 3. The fraction of sp³-hybridized carbons (Fsp3) is 1.00. The highest BCUT2D eigenvalue weighted by atomic mass is 16.7. The molecule has 0 radical (unpaired) electrons. The monoisotopic (exact) mass is 176 g/mol. The van der Waals surface area contributed by atoms with E-state index in [1.54, 1.807) is 0 Å². The first-order chi connectivity index (χ1) is 5.77. The number of rotatable bonds is 2. The van der Waals surface area contributed by atoms with Crippen molar-refractivity contribution in [2.24, 2.45) is 0 Å². The molecular weight excluding hydrogens is 164 g/mol. The fourth-order valence-corrected chi connectivity index (χ4v) is 1.54. The third-order valence-electron chi connectivity index (χ3n) is 2.26. The van der Waals surface area contributed by atoms with Crippen LogP contribution in [-0.4, -0.2) is 54.6 Å². The molecule has 0 unspecified atom stereocenters. The summed E-state index contributed by atoms with van der Waals surface area (Å²) in [6, 6.07) is 0. The number of epoxide rings is 1. The zero-order valence-corrected chi connectivity index (χ0v) is 6.71. The largest absolute Gasteiger partial charge is 0.394 e. The van der Waals surface area contributed by atoms with Crippen LogP contribution in [0, 0.1) is 0 Å². The zero-order valence-electron chi connectivity index (χ0n) is 6.71. The van der Waals surface area contributed by atoms with Crippen molar-refractivity contribution in [3.05, 3.63) is 0 Å². The number of methoxy groups -OCH3 is 1. The fourth-order valence-electron chi connectivity index (χ4n) is 1.54. The Hall–Kier alpha value is -0.200. The highest BCUT2D eigenvalue weighted by Crippen LogP contribution is 2.37. The first kappa shape index (κ1) is 8.40. The van der Waals surface area contributed by atoms with Crippen LogP contribution >= 0.6 is 0 Å². The molecule has 0 spiro atoms. The molecule has 0 aliphatic carbocycles. The van der Waals surface area contributed by atoms with E-state index in [0.29, 0.717) is 0 Å². The van der Waals surface area contributed by atoms with Crippen molar-refractivity contribution in [1.29, 1.82) is 0 Å². The Bertz CT molecular complexity index is 173. The third kappa shape index (κ3) is 1.14. The van der Waals surface area contributed by atoms with E-state index in [9.17, 15) is 5.11 Å². The van der Waals surface area contributed by atoms with Gasteiger partial charge in [-0.25, -0.2) is 0 Å². The molecule has 2 N–H and O–H groups in total. The van der Waals surface area contributed by atoms with E-state index in [-0.39, 0.29) is 24.9 Å². The van der Waals surface area contributed by atoms with Crippen LogP contribution in [0.4, 0.5) is 0 Å². The van der Waals surface area contributed by atoms with Crippen molar-refractivity contribution in [3.8, 4) is 0 Å². The maximum atomic E-state index is 9.44. The van der Waals surface area contributed by atoms with E-state index in [2.05, 4.69) is 0 Å². The highest BCUT2D eigenvalue weighted by molar-refractivity contribution is 5.01. The van der Waals surface area contributed by atoms with Crippen LogP contribution in [0.15, 0.2) is 0 Å². The number of fused-ring (bicyclic) bond motifs is 1. The molecule has 0 aromatic heterocycles. The minimum absolute atomic E-state index is 0.103. The second-order valence-electron chi connectivity index (χ2n) is 3.02. The highest BCUT2D eigenvalue weighted by Gasteiger charge is 2.57. The molecule has 2 aliphatic heterocycles. The topological polar surface area (TPSA) is 71.5 Å². The summed E-state index contributed by atoms with van der Waals surface area (Å²) in [5.74, 6) is 0. The van der Waals surface area contributed by atoms with Gasteiger partial charge in [0.15, 0.2) is 6.29 Å². The van der Waals surface area contributed by atoms with Gasteiger partial charge in [0.05, 0.1) is 6.61 Å². The summed E-state index contributed by atoms with van der Waals surface area (Å²) >= 11 is 0. The Kier molecular flexibility index (Phi) is 2.05. The maximum Gasteiger partial charge on any atom is 0.186 e. The molecule has 0 bridgehead atoms. The van der Waals surface area contributed by atoms with Crippen molar-refractivity contribution < 1.29 is 24.4 Å². The standard InChI is InChI=1S/C7H12O5/c1-10-7-4(9)6-5(12-6)3(2-8)11-7/h3-9H,2H2,1H3/t3-,4-,5-,6+,7+/m1/s1. The third-order valence-corrected chi connectivity index (χ3v) is 2.26. The van der Waals surface area contributed by atoms with Crippen molar-refractivity contribution in [1.82, 2.24) is 0 Å². The molecule has 0 aromatic carbocycles. The predicted octanol–water partition coefficient (Wildman–Crippen LogP) is -1.52. The summed E-state index contributed by atoms with van der Waals surface area (Å²) in [7, 11) is 1.45. The van der Waals surface area contributed by atoms with Gasteiger partial charge in [-0.05, 0) is 0 Å². The predicted molar refractivity (Wildman–Crippen MR) is 37.4 cm³/mol. The number of aliphatic hydroxyl groups excluding tert-OH is 2. The molecule has 5 heteroatoms. The van der Waals surface area contributed by atoms with Gasteiger partial charge in [0.2, 0.25) is 0 Å². The molecule has 0 amide bonds. The first-order valence-electron chi connectivity index (χ1n) is 3.90. The molecule has 0 aromatic rings. The van der Waals surface area contributed by atoms with Crippen molar-refractivity contribution >= 4 is 0 Å². The van der Waals surface area contributed by atoms with E-state index in [0.717, 1.165) is 0 Å². The summed E-state index contributed by atoms with van der Waals surface area (Å²) in [5.41, 5.74) is 0. The van der Waals surface area contributed by atoms with Crippen LogP contribution in [0.1, 0.15) is 0 Å². The Morgan fingerprint density at radius 1 is 1.33 bits per heavy atom. The maximum absolute atomic E-state index is 9.44. The summed E-state index contributed by atoms with van der Waals surface area (Å²) in [6.45, 7) is -0.103. The average molecular weight is 176 g/mol. The van der Waals surface area contributed by atoms with E-state index in [1.165, 1.54) is 7.11 Å². The van der Waals surface area contributed by atoms with Gasteiger partial charge in [-0.1, -0.05) is 0 Å². The summed E-state index contributed by atoms with van der Waals surface area (Å²) in [6.07, 6.45) is -2.14. The van der Waals surface area contributed by atoms with Gasteiger partial charge < -0.3 is 24.4 Å². The normalized spacial score (nSPS) is 51.8. The molecular formula is C7H12O5. The summed E-state index contributed by atoms with van der Waals surface area (Å²) in [5, 5.41) is 18.3.